The molecule has 0 unspecified atom stereocenters. The normalized spacial score (nSPS) is 19.8. The van der Waals surface area contributed by atoms with Gasteiger partial charge in [0.1, 0.15) is 5.60 Å². The summed E-state index contributed by atoms with van der Waals surface area (Å²) in [5.74, 6) is 0.198. The van der Waals surface area contributed by atoms with Crippen molar-refractivity contribution in [2.45, 2.75) is 51.7 Å². The van der Waals surface area contributed by atoms with E-state index >= 15 is 0 Å². The Balaban J connectivity index is 2.23. The van der Waals surface area contributed by atoms with E-state index in [0.29, 0.717) is 6.54 Å². The Kier molecular flexibility index (Phi) is 6.45. The van der Waals surface area contributed by atoms with E-state index in [1.807, 2.05) is 34.9 Å². The van der Waals surface area contributed by atoms with Gasteiger partial charge in [-0.05, 0) is 47.1 Å². The lowest BCUT2D eigenvalue weighted by molar-refractivity contribution is -0.138. The van der Waals surface area contributed by atoms with Gasteiger partial charge in [0, 0.05) is 26.7 Å². The first-order valence-electron chi connectivity index (χ1n) is 7.63. The first-order chi connectivity index (χ1) is 9.70. The van der Waals surface area contributed by atoms with E-state index in [4.69, 9.17) is 4.74 Å². The number of rotatable bonds is 5. The van der Waals surface area contributed by atoms with E-state index in [0.717, 1.165) is 32.4 Å². The van der Waals surface area contributed by atoms with Crippen LogP contribution in [0.5, 0.6) is 0 Å². The van der Waals surface area contributed by atoms with Gasteiger partial charge in [0.05, 0.1) is 6.04 Å². The zero-order valence-electron chi connectivity index (χ0n) is 13.9. The minimum absolute atomic E-state index is 0.0229. The number of nitrogens with zero attached hydrogens (tertiary/aromatic N) is 2. The van der Waals surface area contributed by atoms with E-state index in [2.05, 4.69) is 10.2 Å². The summed E-state index contributed by atoms with van der Waals surface area (Å²) in [4.78, 5) is 27.4. The molecule has 0 radical (unpaired) electrons. The number of hydrogen-bond donors (Lipinski definition) is 1. The standard InChI is InChI=1S/C15H29N3O3/c1-15(2,3)21-14(20)16-9-7-11-17(4)12-8-6-10-18(5)13(12)19/h12H,6-11H2,1-5H3,(H,16,20)/t12-/m1/s1. The first-order valence-corrected chi connectivity index (χ1v) is 7.63. The van der Waals surface area contributed by atoms with Crippen molar-refractivity contribution >= 4 is 12.0 Å². The summed E-state index contributed by atoms with van der Waals surface area (Å²) in [6.07, 6.45) is 2.37. The molecule has 0 saturated carbocycles. The third-order valence-electron chi connectivity index (χ3n) is 3.52. The van der Waals surface area contributed by atoms with Crippen LogP contribution in [-0.4, -0.2) is 67.2 Å². The zero-order valence-corrected chi connectivity index (χ0v) is 13.9. The third kappa shape index (κ3) is 6.33. The summed E-state index contributed by atoms with van der Waals surface area (Å²) >= 11 is 0. The lowest BCUT2D eigenvalue weighted by Gasteiger charge is -2.34. The highest BCUT2D eigenvalue weighted by Crippen LogP contribution is 2.15. The highest BCUT2D eigenvalue weighted by atomic mass is 16.6. The number of piperidine rings is 1. The average Bonchev–Trinajstić information content (AvgIpc) is 2.35. The van der Waals surface area contributed by atoms with Crippen LogP contribution in [0.3, 0.4) is 0 Å². The molecule has 1 rings (SSSR count). The van der Waals surface area contributed by atoms with Gasteiger partial charge < -0.3 is 15.0 Å². The van der Waals surface area contributed by atoms with Crippen molar-refractivity contribution in [1.82, 2.24) is 15.1 Å². The highest BCUT2D eigenvalue weighted by molar-refractivity contribution is 5.82. The van der Waals surface area contributed by atoms with E-state index < -0.39 is 11.7 Å². The molecule has 1 atom stereocenters. The quantitative estimate of drug-likeness (QED) is 0.781. The second-order valence-electron chi connectivity index (χ2n) is 6.68. The predicted molar refractivity (Wildman–Crippen MR) is 82.1 cm³/mol. The number of amides is 2. The molecule has 0 aliphatic carbocycles. The van der Waals surface area contributed by atoms with Gasteiger partial charge in [-0.2, -0.15) is 0 Å². The lowest BCUT2D eigenvalue weighted by Crippen LogP contribution is -2.50. The molecule has 122 valence electrons. The Morgan fingerprint density at radius 2 is 2.14 bits per heavy atom. The number of alkyl carbamates (subject to hydrolysis) is 1. The molecule has 1 fully saturated rings. The molecule has 0 aromatic carbocycles. The van der Waals surface area contributed by atoms with Crippen molar-refractivity contribution in [2.75, 3.05) is 33.7 Å². The topological polar surface area (TPSA) is 61.9 Å². The lowest BCUT2D eigenvalue weighted by atomic mass is 10.0. The molecular weight excluding hydrogens is 270 g/mol. The fourth-order valence-corrected chi connectivity index (χ4v) is 2.41. The Hall–Kier alpha value is -1.30. The Labute approximate surface area is 127 Å². The maximum Gasteiger partial charge on any atom is 0.407 e. The summed E-state index contributed by atoms with van der Waals surface area (Å²) in [5.41, 5.74) is -0.472. The second kappa shape index (κ2) is 7.64. The molecule has 1 aliphatic heterocycles. The maximum absolute atomic E-state index is 12.1. The van der Waals surface area contributed by atoms with Crippen LogP contribution < -0.4 is 5.32 Å². The van der Waals surface area contributed by atoms with Gasteiger partial charge in [-0.3, -0.25) is 9.69 Å². The van der Waals surface area contributed by atoms with Crippen LogP contribution in [-0.2, 0) is 9.53 Å². The molecule has 1 heterocycles. The van der Waals surface area contributed by atoms with Crippen LogP contribution in [0.1, 0.15) is 40.0 Å². The third-order valence-corrected chi connectivity index (χ3v) is 3.52. The van der Waals surface area contributed by atoms with Crippen LogP contribution >= 0.6 is 0 Å². The monoisotopic (exact) mass is 299 g/mol. The predicted octanol–water partition coefficient (Wildman–Crippen LogP) is 1.45. The first kappa shape index (κ1) is 17.8. The molecule has 0 bridgehead atoms. The fraction of sp³-hybridized carbons (Fsp3) is 0.867. The molecule has 0 aromatic heterocycles. The minimum atomic E-state index is -0.472. The molecule has 1 aliphatic rings. The van der Waals surface area contributed by atoms with Crippen LogP contribution in [0.2, 0.25) is 0 Å². The van der Waals surface area contributed by atoms with Gasteiger partial charge in [-0.15, -0.1) is 0 Å². The largest absolute Gasteiger partial charge is 0.444 e. The van der Waals surface area contributed by atoms with Gasteiger partial charge in [-0.25, -0.2) is 4.79 Å². The molecule has 1 saturated heterocycles. The Bertz CT molecular complexity index is 366. The number of ether oxygens (including phenoxy) is 1. The van der Waals surface area contributed by atoms with Crippen molar-refractivity contribution in [2.24, 2.45) is 0 Å². The van der Waals surface area contributed by atoms with Crippen LogP contribution in [0.4, 0.5) is 4.79 Å². The SMILES string of the molecule is CN1CCC[C@@H](N(C)CCCNC(=O)OC(C)(C)C)C1=O. The molecule has 0 spiro atoms. The smallest absolute Gasteiger partial charge is 0.407 e. The van der Waals surface area contributed by atoms with Crippen LogP contribution in [0.25, 0.3) is 0 Å². The van der Waals surface area contributed by atoms with E-state index in [1.165, 1.54) is 0 Å². The Morgan fingerprint density at radius 3 is 2.76 bits per heavy atom. The molecule has 6 nitrogen and oxygen atoms in total. The molecule has 1 N–H and O–H groups in total. The van der Waals surface area contributed by atoms with Gasteiger partial charge >= 0.3 is 6.09 Å². The number of likely N-dealkylation sites (N-methyl/N-ethyl adjacent to an activating group) is 2. The van der Waals surface area contributed by atoms with Gasteiger partial charge in [0.2, 0.25) is 5.91 Å². The summed E-state index contributed by atoms with van der Waals surface area (Å²) in [7, 11) is 3.82. The van der Waals surface area contributed by atoms with E-state index in [1.54, 1.807) is 4.90 Å². The zero-order chi connectivity index (χ0) is 16.0. The highest BCUT2D eigenvalue weighted by Gasteiger charge is 2.29. The van der Waals surface area contributed by atoms with Gasteiger partial charge in [0.15, 0.2) is 0 Å². The fourth-order valence-electron chi connectivity index (χ4n) is 2.41. The second-order valence-corrected chi connectivity index (χ2v) is 6.68. The van der Waals surface area contributed by atoms with Crippen molar-refractivity contribution in [3.8, 4) is 0 Å². The number of likely N-dealkylation sites (tertiary alicyclic amines) is 1. The van der Waals surface area contributed by atoms with E-state index in [-0.39, 0.29) is 11.9 Å². The molecule has 0 aromatic rings. The van der Waals surface area contributed by atoms with Crippen molar-refractivity contribution in [3.05, 3.63) is 0 Å². The summed E-state index contributed by atoms with van der Waals surface area (Å²) in [6.45, 7) is 7.70. The number of carbonyl (C=O) groups excluding carboxylic acids is 2. The number of hydrogen-bond acceptors (Lipinski definition) is 4. The Morgan fingerprint density at radius 1 is 1.48 bits per heavy atom. The van der Waals surface area contributed by atoms with Gasteiger partial charge in [-0.1, -0.05) is 0 Å². The minimum Gasteiger partial charge on any atom is -0.444 e. The summed E-state index contributed by atoms with van der Waals surface area (Å²) in [5, 5.41) is 2.73. The number of carbonyl (C=O) groups is 2. The average molecular weight is 299 g/mol. The van der Waals surface area contributed by atoms with Crippen LogP contribution in [0, 0.1) is 0 Å². The van der Waals surface area contributed by atoms with Crippen molar-refractivity contribution < 1.29 is 14.3 Å². The van der Waals surface area contributed by atoms with Gasteiger partial charge in [0.25, 0.3) is 0 Å². The molecule has 21 heavy (non-hydrogen) atoms. The summed E-state index contributed by atoms with van der Waals surface area (Å²) < 4.78 is 5.17. The summed E-state index contributed by atoms with van der Waals surface area (Å²) in [6, 6.07) is -0.0229. The molecular formula is C15H29N3O3. The van der Waals surface area contributed by atoms with Crippen molar-refractivity contribution in [1.29, 1.82) is 0 Å². The van der Waals surface area contributed by atoms with Crippen molar-refractivity contribution in [3.63, 3.8) is 0 Å². The van der Waals surface area contributed by atoms with E-state index in [9.17, 15) is 9.59 Å². The number of nitrogens with one attached hydrogen (secondary N) is 1. The maximum atomic E-state index is 12.1. The molecule has 6 heteroatoms. The molecule has 2 amide bonds. The van der Waals surface area contributed by atoms with Crippen LogP contribution in [0.15, 0.2) is 0 Å².